The Hall–Kier alpha value is -1.06. The molecule has 0 aliphatic rings. The van der Waals surface area contributed by atoms with Gasteiger partial charge in [-0.05, 0) is 28.9 Å². The van der Waals surface area contributed by atoms with Gasteiger partial charge < -0.3 is 11.1 Å². The number of benzene rings is 1. The van der Waals surface area contributed by atoms with E-state index in [0.29, 0.717) is 12.5 Å². The van der Waals surface area contributed by atoms with Crippen molar-refractivity contribution >= 4 is 18.3 Å². The third-order valence-corrected chi connectivity index (χ3v) is 3.35. The maximum Gasteiger partial charge on any atom is 0.237 e. The molecule has 0 saturated carbocycles. The summed E-state index contributed by atoms with van der Waals surface area (Å²) < 4.78 is 0. The summed E-state index contributed by atoms with van der Waals surface area (Å²) in [6, 6.07) is 7.96. The van der Waals surface area contributed by atoms with E-state index in [9.17, 15) is 4.79 Å². The van der Waals surface area contributed by atoms with Crippen molar-refractivity contribution in [3.8, 4) is 0 Å². The van der Waals surface area contributed by atoms with Gasteiger partial charge in [0.05, 0.1) is 6.04 Å². The summed E-state index contributed by atoms with van der Waals surface area (Å²) >= 11 is 0. The lowest BCUT2D eigenvalue weighted by atomic mass is 9.87. The summed E-state index contributed by atoms with van der Waals surface area (Å²) in [6.45, 7) is 11.2. The second kappa shape index (κ2) is 8.40. The first-order valence-corrected chi connectivity index (χ1v) is 7.33. The van der Waals surface area contributed by atoms with Gasteiger partial charge in [-0.2, -0.15) is 0 Å². The highest BCUT2D eigenvalue weighted by atomic mass is 35.5. The molecule has 4 heteroatoms. The molecule has 1 amide bonds. The number of nitrogens with two attached hydrogens (primary N) is 1. The molecule has 0 saturated heterocycles. The lowest BCUT2D eigenvalue weighted by molar-refractivity contribution is -0.122. The maximum absolute atomic E-state index is 11.8. The summed E-state index contributed by atoms with van der Waals surface area (Å²) in [6.07, 6.45) is 0.717. The second-order valence-corrected chi connectivity index (χ2v) is 6.90. The fraction of sp³-hybridized carbons (Fsp3) is 0.588. The summed E-state index contributed by atoms with van der Waals surface area (Å²) in [5, 5.41) is 2.90. The molecule has 0 spiro atoms. The topological polar surface area (TPSA) is 55.1 Å². The van der Waals surface area contributed by atoms with Crippen LogP contribution in [0.5, 0.6) is 0 Å². The standard InChI is InChI=1S/C17H28N2O.ClH/c1-12(2)10-15(18)16(20)19-11-13-6-8-14(9-7-13)17(3,4)5;/h6-9,12,15H,10-11,18H2,1-5H3,(H,19,20);1H/t15-;/m0./s1. The van der Waals surface area contributed by atoms with Gasteiger partial charge in [-0.25, -0.2) is 0 Å². The summed E-state index contributed by atoms with van der Waals surface area (Å²) in [5.41, 5.74) is 8.40. The molecule has 120 valence electrons. The van der Waals surface area contributed by atoms with Gasteiger partial charge in [0.2, 0.25) is 5.91 Å². The van der Waals surface area contributed by atoms with Gasteiger partial charge >= 0.3 is 0 Å². The zero-order chi connectivity index (χ0) is 15.3. The van der Waals surface area contributed by atoms with E-state index in [1.807, 2.05) is 0 Å². The average Bonchev–Trinajstić information content (AvgIpc) is 2.34. The third-order valence-electron chi connectivity index (χ3n) is 3.35. The lowest BCUT2D eigenvalue weighted by Gasteiger charge is -2.19. The Balaban J connectivity index is 0.00000400. The predicted molar refractivity (Wildman–Crippen MR) is 91.7 cm³/mol. The van der Waals surface area contributed by atoms with Gasteiger partial charge in [0, 0.05) is 6.54 Å². The SMILES string of the molecule is CC(C)C[C@H](N)C(=O)NCc1ccc(C(C)(C)C)cc1.Cl. The van der Waals surface area contributed by atoms with E-state index in [2.05, 4.69) is 64.2 Å². The molecule has 0 unspecified atom stereocenters. The van der Waals surface area contributed by atoms with Gasteiger partial charge in [-0.1, -0.05) is 58.9 Å². The monoisotopic (exact) mass is 312 g/mol. The maximum atomic E-state index is 11.8. The van der Waals surface area contributed by atoms with Crippen molar-refractivity contribution in [1.29, 1.82) is 0 Å². The molecule has 0 heterocycles. The van der Waals surface area contributed by atoms with Crippen LogP contribution in [0.4, 0.5) is 0 Å². The summed E-state index contributed by atoms with van der Waals surface area (Å²) in [7, 11) is 0. The molecule has 0 aliphatic heterocycles. The van der Waals surface area contributed by atoms with Crippen molar-refractivity contribution in [3.05, 3.63) is 35.4 Å². The zero-order valence-electron chi connectivity index (χ0n) is 13.8. The van der Waals surface area contributed by atoms with Crippen molar-refractivity contribution < 1.29 is 4.79 Å². The Labute approximate surface area is 135 Å². The molecule has 0 aromatic heterocycles. The number of hydrogen-bond donors (Lipinski definition) is 2. The minimum absolute atomic E-state index is 0. The van der Waals surface area contributed by atoms with Crippen LogP contribution in [0.3, 0.4) is 0 Å². The largest absolute Gasteiger partial charge is 0.351 e. The van der Waals surface area contributed by atoms with Crippen molar-refractivity contribution in [1.82, 2.24) is 5.32 Å². The van der Waals surface area contributed by atoms with Crippen LogP contribution in [-0.4, -0.2) is 11.9 Å². The van der Waals surface area contributed by atoms with E-state index in [4.69, 9.17) is 5.73 Å². The summed E-state index contributed by atoms with van der Waals surface area (Å²) in [4.78, 5) is 11.8. The molecule has 21 heavy (non-hydrogen) atoms. The van der Waals surface area contributed by atoms with Crippen molar-refractivity contribution in [3.63, 3.8) is 0 Å². The van der Waals surface area contributed by atoms with Crippen LogP contribution in [0, 0.1) is 5.92 Å². The highest BCUT2D eigenvalue weighted by molar-refractivity contribution is 5.85. The predicted octanol–water partition coefficient (Wildman–Crippen LogP) is 3.40. The zero-order valence-corrected chi connectivity index (χ0v) is 14.6. The molecule has 1 rings (SSSR count). The van der Waals surface area contributed by atoms with Crippen molar-refractivity contribution in [2.24, 2.45) is 11.7 Å². The van der Waals surface area contributed by atoms with Crippen LogP contribution in [0.15, 0.2) is 24.3 Å². The van der Waals surface area contributed by atoms with Crippen LogP contribution in [0.2, 0.25) is 0 Å². The Morgan fingerprint density at radius 1 is 1.19 bits per heavy atom. The van der Waals surface area contributed by atoms with Gasteiger partial charge in [0.25, 0.3) is 0 Å². The van der Waals surface area contributed by atoms with E-state index < -0.39 is 6.04 Å². The van der Waals surface area contributed by atoms with Crippen LogP contribution >= 0.6 is 12.4 Å². The molecule has 1 aromatic rings. The van der Waals surface area contributed by atoms with Crippen LogP contribution in [0.25, 0.3) is 0 Å². The van der Waals surface area contributed by atoms with E-state index in [1.54, 1.807) is 0 Å². The Morgan fingerprint density at radius 3 is 2.14 bits per heavy atom. The van der Waals surface area contributed by atoms with Gasteiger partial charge in [-0.15, -0.1) is 12.4 Å². The Morgan fingerprint density at radius 2 is 1.71 bits per heavy atom. The summed E-state index contributed by atoms with van der Waals surface area (Å²) in [5.74, 6) is 0.361. The van der Waals surface area contributed by atoms with Crippen LogP contribution in [-0.2, 0) is 16.8 Å². The molecule has 1 atom stereocenters. The molecule has 0 fully saturated rings. The smallest absolute Gasteiger partial charge is 0.237 e. The average molecular weight is 313 g/mol. The van der Waals surface area contributed by atoms with E-state index in [-0.39, 0.29) is 23.7 Å². The number of rotatable bonds is 5. The molecule has 3 N–H and O–H groups in total. The molecule has 1 aromatic carbocycles. The van der Waals surface area contributed by atoms with E-state index in [0.717, 1.165) is 12.0 Å². The lowest BCUT2D eigenvalue weighted by Crippen LogP contribution is -2.41. The van der Waals surface area contributed by atoms with Gasteiger partial charge in [0.15, 0.2) is 0 Å². The first-order chi connectivity index (χ1) is 9.20. The normalized spacial score (nSPS) is 12.7. The van der Waals surface area contributed by atoms with E-state index >= 15 is 0 Å². The highest BCUT2D eigenvalue weighted by Gasteiger charge is 2.15. The number of nitrogens with one attached hydrogen (secondary N) is 1. The number of hydrogen-bond acceptors (Lipinski definition) is 2. The Kier molecular flexibility index (Phi) is 7.98. The number of amides is 1. The van der Waals surface area contributed by atoms with E-state index in [1.165, 1.54) is 5.56 Å². The van der Waals surface area contributed by atoms with Crippen molar-refractivity contribution in [2.75, 3.05) is 0 Å². The van der Waals surface area contributed by atoms with Gasteiger partial charge in [0.1, 0.15) is 0 Å². The minimum Gasteiger partial charge on any atom is -0.351 e. The van der Waals surface area contributed by atoms with Crippen LogP contribution in [0.1, 0.15) is 52.2 Å². The number of carbonyl (C=O) groups excluding carboxylic acids is 1. The number of carbonyl (C=O) groups is 1. The molecular formula is C17H29ClN2O. The first kappa shape index (κ1) is 19.9. The van der Waals surface area contributed by atoms with Crippen LogP contribution < -0.4 is 11.1 Å². The third kappa shape index (κ3) is 6.96. The number of halogens is 1. The quantitative estimate of drug-likeness (QED) is 0.875. The fourth-order valence-corrected chi connectivity index (χ4v) is 2.06. The molecule has 0 radical (unpaired) electrons. The first-order valence-electron chi connectivity index (χ1n) is 7.33. The Bertz CT molecular complexity index is 435. The molecular weight excluding hydrogens is 284 g/mol. The molecule has 0 bridgehead atoms. The van der Waals surface area contributed by atoms with Crippen molar-refractivity contribution in [2.45, 2.75) is 59.0 Å². The van der Waals surface area contributed by atoms with Gasteiger partial charge in [-0.3, -0.25) is 4.79 Å². The highest BCUT2D eigenvalue weighted by Crippen LogP contribution is 2.22. The minimum atomic E-state index is -0.413. The second-order valence-electron chi connectivity index (χ2n) is 6.90. The fourth-order valence-electron chi connectivity index (χ4n) is 2.06. The molecule has 0 aliphatic carbocycles. The molecule has 3 nitrogen and oxygen atoms in total.